The zero-order valence-electron chi connectivity index (χ0n) is 14.3. The number of nitrogens with zero attached hydrogens (tertiary/aromatic N) is 3. The first-order valence-electron chi connectivity index (χ1n) is 8.78. The Morgan fingerprint density at radius 2 is 2.08 bits per heavy atom. The van der Waals surface area contributed by atoms with Crippen LogP contribution in [-0.4, -0.2) is 60.5 Å². The number of nitrogens with one attached hydrogen (secondary N) is 1. The lowest BCUT2D eigenvalue weighted by Crippen LogP contribution is -2.53. The van der Waals surface area contributed by atoms with Gasteiger partial charge in [-0.3, -0.25) is 9.69 Å². The topological polar surface area (TPSA) is 59.4 Å². The van der Waals surface area contributed by atoms with Crippen molar-refractivity contribution in [2.45, 2.75) is 31.7 Å². The third-order valence-electron chi connectivity index (χ3n) is 5.11. The van der Waals surface area contributed by atoms with Gasteiger partial charge in [0.15, 0.2) is 0 Å². The van der Waals surface area contributed by atoms with E-state index in [0.717, 1.165) is 52.0 Å². The Labute approximate surface area is 148 Å². The summed E-state index contributed by atoms with van der Waals surface area (Å²) in [4.78, 5) is 18.4. The van der Waals surface area contributed by atoms with Crippen molar-refractivity contribution >= 4 is 17.2 Å². The maximum atomic E-state index is 12.3. The molecule has 2 fully saturated rings. The van der Waals surface area contributed by atoms with Gasteiger partial charge in [0.2, 0.25) is 5.91 Å². The van der Waals surface area contributed by atoms with Crippen molar-refractivity contribution in [3.05, 3.63) is 22.4 Å². The van der Waals surface area contributed by atoms with Gasteiger partial charge in [0.05, 0.1) is 12.6 Å². The molecule has 0 spiro atoms. The fraction of sp³-hybridized carbons (Fsp3) is 0.667. The highest BCUT2D eigenvalue weighted by Gasteiger charge is 2.43. The van der Waals surface area contributed by atoms with Crippen LogP contribution in [0.25, 0.3) is 0 Å². The lowest BCUT2D eigenvalue weighted by molar-refractivity contribution is -0.124. The van der Waals surface area contributed by atoms with Gasteiger partial charge < -0.3 is 10.2 Å². The lowest BCUT2D eigenvalue weighted by atomic mass is 9.98. The molecule has 1 N–H and O–H groups in total. The SMILES string of the molecule is CC(C#N)(NC(=O)CN1CCN(CCc2cccs2)CC1)C1CC1. The van der Waals surface area contributed by atoms with E-state index in [4.69, 9.17) is 0 Å². The van der Waals surface area contributed by atoms with E-state index in [9.17, 15) is 10.1 Å². The molecule has 1 amide bonds. The molecule has 1 aliphatic heterocycles. The molecular weight excluding hydrogens is 320 g/mol. The second kappa shape index (κ2) is 7.64. The zero-order chi connectivity index (χ0) is 17.0. The van der Waals surface area contributed by atoms with Crippen LogP contribution in [0.15, 0.2) is 17.5 Å². The maximum Gasteiger partial charge on any atom is 0.235 e. The maximum absolute atomic E-state index is 12.3. The number of hydrogen-bond donors (Lipinski definition) is 1. The van der Waals surface area contributed by atoms with E-state index in [0.29, 0.717) is 12.5 Å². The number of nitriles is 1. The largest absolute Gasteiger partial charge is 0.337 e. The van der Waals surface area contributed by atoms with E-state index >= 15 is 0 Å². The first kappa shape index (κ1) is 17.4. The van der Waals surface area contributed by atoms with Crippen molar-refractivity contribution < 1.29 is 4.79 Å². The van der Waals surface area contributed by atoms with Crippen molar-refractivity contribution in [2.75, 3.05) is 39.3 Å². The van der Waals surface area contributed by atoms with E-state index in [1.54, 1.807) is 0 Å². The molecule has 1 aromatic heterocycles. The number of hydrogen-bond acceptors (Lipinski definition) is 5. The van der Waals surface area contributed by atoms with Crippen molar-refractivity contribution in [2.24, 2.45) is 5.92 Å². The Hall–Kier alpha value is -1.42. The van der Waals surface area contributed by atoms with Gasteiger partial charge in [-0.2, -0.15) is 5.26 Å². The van der Waals surface area contributed by atoms with Crippen LogP contribution in [0, 0.1) is 17.2 Å². The molecule has 0 radical (unpaired) electrons. The molecule has 1 atom stereocenters. The highest BCUT2D eigenvalue weighted by Crippen LogP contribution is 2.39. The van der Waals surface area contributed by atoms with Crippen LogP contribution in [0.3, 0.4) is 0 Å². The number of amides is 1. The smallest absolute Gasteiger partial charge is 0.235 e. The Bertz CT molecular complexity index is 585. The summed E-state index contributed by atoms with van der Waals surface area (Å²) in [6.07, 6.45) is 3.21. The minimum absolute atomic E-state index is 0.0158. The van der Waals surface area contributed by atoms with Gasteiger partial charge in [-0.1, -0.05) is 6.07 Å². The van der Waals surface area contributed by atoms with E-state index in [1.807, 2.05) is 18.3 Å². The van der Waals surface area contributed by atoms with Gasteiger partial charge in [-0.05, 0) is 43.6 Å². The molecule has 6 heteroatoms. The third-order valence-corrected chi connectivity index (χ3v) is 6.05. The van der Waals surface area contributed by atoms with Crippen LogP contribution in [-0.2, 0) is 11.2 Å². The molecule has 1 saturated heterocycles. The first-order valence-corrected chi connectivity index (χ1v) is 9.66. The zero-order valence-corrected chi connectivity index (χ0v) is 15.1. The fourth-order valence-corrected chi connectivity index (χ4v) is 4.01. The second-order valence-corrected chi connectivity index (χ2v) is 8.12. The number of rotatable bonds is 7. The van der Waals surface area contributed by atoms with E-state index in [1.165, 1.54) is 4.88 Å². The van der Waals surface area contributed by atoms with E-state index in [2.05, 4.69) is 38.7 Å². The summed E-state index contributed by atoms with van der Waals surface area (Å²) < 4.78 is 0. The first-order chi connectivity index (χ1) is 11.6. The van der Waals surface area contributed by atoms with Gasteiger partial charge in [-0.25, -0.2) is 0 Å². The molecule has 1 aliphatic carbocycles. The molecule has 1 aromatic rings. The van der Waals surface area contributed by atoms with Crippen molar-refractivity contribution in [1.29, 1.82) is 5.26 Å². The predicted molar refractivity (Wildman–Crippen MR) is 95.8 cm³/mol. The Balaban J connectivity index is 1.37. The number of carbonyl (C=O) groups excluding carboxylic acids is 1. The average Bonchev–Trinajstić information content (AvgIpc) is 3.32. The molecule has 3 rings (SSSR count). The summed E-state index contributed by atoms with van der Waals surface area (Å²) in [7, 11) is 0. The highest BCUT2D eigenvalue weighted by atomic mass is 32.1. The molecule has 1 unspecified atom stereocenters. The molecule has 0 aromatic carbocycles. The molecule has 2 aliphatic rings. The third kappa shape index (κ3) is 4.56. The quantitative estimate of drug-likeness (QED) is 0.817. The van der Waals surface area contributed by atoms with Crippen molar-refractivity contribution in [3.63, 3.8) is 0 Å². The minimum atomic E-state index is -0.681. The van der Waals surface area contributed by atoms with Crippen LogP contribution in [0.1, 0.15) is 24.6 Å². The van der Waals surface area contributed by atoms with Crippen LogP contribution < -0.4 is 5.32 Å². The van der Waals surface area contributed by atoms with Crippen LogP contribution in [0.5, 0.6) is 0 Å². The Kier molecular flexibility index (Phi) is 5.54. The highest BCUT2D eigenvalue weighted by molar-refractivity contribution is 7.09. The van der Waals surface area contributed by atoms with Crippen LogP contribution in [0.4, 0.5) is 0 Å². The number of carbonyl (C=O) groups is 1. The second-order valence-electron chi connectivity index (χ2n) is 7.08. The van der Waals surface area contributed by atoms with Crippen LogP contribution in [0.2, 0.25) is 0 Å². The minimum Gasteiger partial charge on any atom is -0.337 e. The predicted octanol–water partition coefficient (Wildman–Crippen LogP) is 1.72. The monoisotopic (exact) mass is 346 g/mol. The molecule has 1 saturated carbocycles. The van der Waals surface area contributed by atoms with Gasteiger partial charge in [-0.15, -0.1) is 11.3 Å². The molecule has 130 valence electrons. The molecule has 0 bridgehead atoms. The summed E-state index contributed by atoms with van der Waals surface area (Å²) in [5.41, 5.74) is -0.681. The van der Waals surface area contributed by atoms with E-state index in [-0.39, 0.29) is 5.91 Å². The normalized spacial score (nSPS) is 21.8. The van der Waals surface area contributed by atoms with Gasteiger partial charge in [0.1, 0.15) is 5.54 Å². The number of piperazine rings is 1. The average molecular weight is 347 g/mol. The standard InChI is InChI=1S/C18H26N4OS/c1-18(14-19,15-4-5-15)20-17(23)13-22-10-8-21(9-11-22)7-6-16-3-2-12-24-16/h2-3,12,15H,4-11,13H2,1H3,(H,20,23). The van der Waals surface area contributed by atoms with Gasteiger partial charge >= 0.3 is 0 Å². The molecule has 5 nitrogen and oxygen atoms in total. The summed E-state index contributed by atoms with van der Waals surface area (Å²) >= 11 is 1.82. The fourth-order valence-electron chi connectivity index (χ4n) is 3.31. The summed E-state index contributed by atoms with van der Waals surface area (Å²) in [6.45, 7) is 7.21. The molecule has 24 heavy (non-hydrogen) atoms. The Morgan fingerprint density at radius 3 is 2.67 bits per heavy atom. The lowest BCUT2D eigenvalue weighted by Gasteiger charge is -2.34. The van der Waals surface area contributed by atoms with Crippen LogP contribution >= 0.6 is 11.3 Å². The summed E-state index contributed by atoms with van der Waals surface area (Å²) in [6, 6.07) is 6.58. The van der Waals surface area contributed by atoms with E-state index < -0.39 is 5.54 Å². The Morgan fingerprint density at radius 1 is 1.38 bits per heavy atom. The summed E-state index contributed by atoms with van der Waals surface area (Å²) in [5.74, 6) is 0.318. The van der Waals surface area contributed by atoms with Gasteiger partial charge in [0.25, 0.3) is 0 Å². The molecular formula is C18H26N4OS. The number of thiophene rings is 1. The van der Waals surface area contributed by atoms with Crippen molar-refractivity contribution in [3.8, 4) is 6.07 Å². The van der Waals surface area contributed by atoms with Crippen molar-refractivity contribution in [1.82, 2.24) is 15.1 Å². The van der Waals surface area contributed by atoms with Gasteiger partial charge in [0, 0.05) is 37.6 Å². The molecule has 2 heterocycles. The summed E-state index contributed by atoms with van der Waals surface area (Å²) in [5, 5.41) is 14.4.